The van der Waals surface area contributed by atoms with Crippen molar-refractivity contribution in [1.29, 1.82) is 5.26 Å². The van der Waals surface area contributed by atoms with Gasteiger partial charge in [0, 0.05) is 35.3 Å². The number of ether oxygens (including phenoxy) is 2. The van der Waals surface area contributed by atoms with E-state index in [2.05, 4.69) is 11.4 Å². The average molecular weight is 691 g/mol. The number of thiophene rings is 1. The first-order valence-corrected chi connectivity index (χ1v) is 17.5. The number of nitrogens with one attached hydrogen (secondary N) is 1. The summed E-state index contributed by atoms with van der Waals surface area (Å²) in [6.45, 7) is 15.8. The van der Waals surface area contributed by atoms with Crippen molar-refractivity contribution >= 4 is 49.5 Å². The number of pyridine rings is 1. The number of anilines is 1. The van der Waals surface area contributed by atoms with Gasteiger partial charge in [-0.25, -0.2) is 23.4 Å². The van der Waals surface area contributed by atoms with E-state index >= 15 is 8.78 Å². The first-order valence-electron chi connectivity index (χ1n) is 16.7. The molecule has 258 valence electrons. The second kappa shape index (κ2) is 11.4. The number of likely N-dealkylation sites (tertiary alicyclic amines) is 1. The van der Waals surface area contributed by atoms with E-state index in [-0.39, 0.29) is 67.7 Å². The number of nitrogens with zero attached hydrogens (tertiary/aromatic N) is 5. The number of benzene rings is 1. The second-order valence-corrected chi connectivity index (χ2v) is 16.7. The van der Waals surface area contributed by atoms with Crippen molar-refractivity contribution in [2.24, 2.45) is 11.8 Å². The maximum Gasteiger partial charge on any atom is 0.412 e. The van der Waals surface area contributed by atoms with E-state index < -0.39 is 28.9 Å². The number of fused-ring (bicyclic) bond motifs is 3. The molecule has 2 unspecified atom stereocenters. The molecular formula is C36H40F2N6O4S. The minimum Gasteiger partial charge on any atom is -0.444 e. The van der Waals surface area contributed by atoms with E-state index in [4.69, 9.17) is 19.6 Å². The van der Waals surface area contributed by atoms with E-state index in [9.17, 15) is 14.9 Å². The van der Waals surface area contributed by atoms with Crippen molar-refractivity contribution in [3.8, 4) is 17.3 Å². The predicted octanol–water partition coefficient (Wildman–Crippen LogP) is 8.85. The van der Waals surface area contributed by atoms with Gasteiger partial charge in [0.05, 0.1) is 27.7 Å². The number of carbonyl (C=O) groups excluding carboxylic acids is 2. The van der Waals surface area contributed by atoms with Gasteiger partial charge in [-0.1, -0.05) is 13.8 Å². The van der Waals surface area contributed by atoms with Crippen LogP contribution in [0.3, 0.4) is 0 Å². The Morgan fingerprint density at radius 3 is 2.27 bits per heavy atom. The Morgan fingerprint density at radius 1 is 1.04 bits per heavy atom. The molecule has 7 rings (SSSR count). The molecule has 1 aliphatic heterocycles. The highest BCUT2D eigenvalue weighted by atomic mass is 32.1. The summed E-state index contributed by atoms with van der Waals surface area (Å²) in [6.07, 6.45) is 0.632. The fourth-order valence-corrected chi connectivity index (χ4v) is 8.10. The molecule has 2 saturated carbocycles. The van der Waals surface area contributed by atoms with Crippen molar-refractivity contribution in [2.75, 3.05) is 18.4 Å². The van der Waals surface area contributed by atoms with E-state index in [1.54, 1.807) is 30.4 Å². The van der Waals surface area contributed by atoms with Crippen LogP contribution in [0.1, 0.15) is 103 Å². The highest BCUT2D eigenvalue weighted by Crippen LogP contribution is 2.60. The van der Waals surface area contributed by atoms with Gasteiger partial charge in [0.2, 0.25) is 0 Å². The van der Waals surface area contributed by atoms with Gasteiger partial charge in [0.1, 0.15) is 39.3 Å². The molecule has 1 N–H and O–H groups in total. The SMILES string of the molecule is CC(C)c1nc(-c2ccc(F)c3sc(NC(=O)OC(C)(C)C)c(C#N)c23)c(F)c2c1c(C1C3CN(C(=O)OC(C)(C)C)CC31)nn2C1CC1. The number of halogens is 2. The summed E-state index contributed by atoms with van der Waals surface area (Å²) in [5.41, 5.74) is 0.717. The Kier molecular flexibility index (Phi) is 7.70. The predicted molar refractivity (Wildman–Crippen MR) is 183 cm³/mol. The van der Waals surface area contributed by atoms with Crippen LogP contribution >= 0.6 is 11.3 Å². The van der Waals surface area contributed by atoms with Crippen LogP contribution in [-0.2, 0) is 9.47 Å². The third kappa shape index (κ3) is 5.87. The number of hydrogen-bond acceptors (Lipinski definition) is 8. The zero-order valence-corrected chi connectivity index (χ0v) is 29.7. The quantitative estimate of drug-likeness (QED) is 0.222. The molecule has 13 heteroatoms. The highest BCUT2D eigenvalue weighted by Gasteiger charge is 2.59. The number of rotatable bonds is 5. The summed E-state index contributed by atoms with van der Waals surface area (Å²) in [5, 5.41) is 18.9. The standard InChI is InChI=1S/C36H40F2N6O4S/c1-16(2)27-25-29(23-20-14-43(15-21(20)23)34(46)48-36(6,7)8)42-44(17-9-10-17)30(25)26(38)28(40-27)18-11-12-22(37)31-24(18)19(13-39)32(49-31)41-33(45)47-35(3,4)5/h11-12,16-17,20-21,23H,9-10,14-15H2,1-8H3,(H,41,45). The number of piperidine rings is 1. The van der Waals surface area contributed by atoms with Gasteiger partial charge in [-0.15, -0.1) is 11.3 Å². The molecule has 0 bridgehead atoms. The van der Waals surface area contributed by atoms with Crippen LogP contribution in [0.15, 0.2) is 12.1 Å². The molecule has 0 spiro atoms. The monoisotopic (exact) mass is 690 g/mol. The molecule has 2 aliphatic carbocycles. The number of nitriles is 1. The van der Waals surface area contributed by atoms with Crippen LogP contribution in [0.25, 0.3) is 32.2 Å². The zero-order chi connectivity index (χ0) is 35.3. The van der Waals surface area contributed by atoms with Crippen molar-refractivity contribution in [2.45, 2.75) is 97.3 Å². The minimum absolute atomic E-state index is 0.000222. The van der Waals surface area contributed by atoms with Gasteiger partial charge in [0.25, 0.3) is 0 Å². The van der Waals surface area contributed by atoms with Gasteiger partial charge in [0.15, 0.2) is 5.82 Å². The largest absolute Gasteiger partial charge is 0.444 e. The molecule has 49 heavy (non-hydrogen) atoms. The van der Waals surface area contributed by atoms with Crippen LogP contribution in [0.5, 0.6) is 0 Å². The third-order valence-electron chi connectivity index (χ3n) is 9.22. The van der Waals surface area contributed by atoms with Crippen LogP contribution in [0, 0.1) is 34.8 Å². The van der Waals surface area contributed by atoms with Crippen LogP contribution in [0.2, 0.25) is 0 Å². The third-order valence-corrected chi connectivity index (χ3v) is 10.3. The summed E-state index contributed by atoms with van der Waals surface area (Å²) in [6, 6.07) is 4.83. The molecule has 4 heterocycles. The van der Waals surface area contributed by atoms with Crippen LogP contribution in [-0.4, -0.2) is 56.1 Å². The van der Waals surface area contributed by atoms with Crippen LogP contribution in [0.4, 0.5) is 23.4 Å². The lowest BCUT2D eigenvalue weighted by atomic mass is 9.97. The summed E-state index contributed by atoms with van der Waals surface area (Å²) in [4.78, 5) is 32.1. The molecule has 10 nitrogen and oxygen atoms in total. The van der Waals surface area contributed by atoms with Gasteiger partial charge in [-0.05, 0) is 84.3 Å². The Balaban J connectivity index is 1.34. The molecular weight excluding hydrogens is 650 g/mol. The van der Waals surface area contributed by atoms with Crippen molar-refractivity contribution < 1.29 is 27.8 Å². The molecule has 1 saturated heterocycles. The summed E-state index contributed by atoms with van der Waals surface area (Å²) in [7, 11) is 0. The normalized spacial score (nSPS) is 20.5. The number of hydrogen-bond donors (Lipinski definition) is 1. The number of aromatic nitrogens is 3. The fourth-order valence-electron chi connectivity index (χ4n) is 7.03. The lowest BCUT2D eigenvalue weighted by Gasteiger charge is -2.25. The lowest BCUT2D eigenvalue weighted by Crippen LogP contribution is -2.36. The molecule has 0 radical (unpaired) electrons. The molecule has 3 aliphatic rings. The number of carbonyl (C=O) groups is 2. The van der Waals surface area contributed by atoms with E-state index in [0.717, 1.165) is 29.9 Å². The van der Waals surface area contributed by atoms with E-state index in [0.29, 0.717) is 29.7 Å². The second-order valence-electron chi connectivity index (χ2n) is 15.7. The maximum absolute atomic E-state index is 17.2. The zero-order valence-electron chi connectivity index (χ0n) is 28.9. The van der Waals surface area contributed by atoms with Gasteiger partial charge >= 0.3 is 12.2 Å². The van der Waals surface area contributed by atoms with Crippen molar-refractivity contribution in [1.82, 2.24) is 19.7 Å². The average Bonchev–Trinajstić information content (AvgIpc) is 3.80. The van der Waals surface area contributed by atoms with Gasteiger partial charge in [-0.3, -0.25) is 10.00 Å². The molecule has 3 aromatic heterocycles. The van der Waals surface area contributed by atoms with E-state index in [1.165, 1.54) is 12.1 Å². The smallest absolute Gasteiger partial charge is 0.412 e. The Labute approximate surface area is 287 Å². The van der Waals surface area contributed by atoms with Crippen molar-refractivity contribution in [3.05, 3.63) is 40.7 Å². The summed E-state index contributed by atoms with van der Waals surface area (Å²) in [5.74, 6) is -0.861. The highest BCUT2D eigenvalue weighted by molar-refractivity contribution is 7.23. The fraction of sp³-hybridized carbons (Fsp3) is 0.528. The van der Waals surface area contributed by atoms with Crippen molar-refractivity contribution in [3.63, 3.8) is 0 Å². The molecule has 4 aromatic rings. The molecule has 2 atom stereocenters. The summed E-state index contributed by atoms with van der Waals surface area (Å²) < 4.78 is 45.4. The Bertz CT molecular complexity index is 2070. The van der Waals surface area contributed by atoms with Gasteiger partial charge < -0.3 is 14.4 Å². The lowest BCUT2D eigenvalue weighted by molar-refractivity contribution is 0.0270. The number of amides is 2. The Hall–Kier alpha value is -4.31. The first kappa shape index (κ1) is 33.2. The van der Waals surface area contributed by atoms with Crippen LogP contribution < -0.4 is 5.32 Å². The summed E-state index contributed by atoms with van der Waals surface area (Å²) >= 11 is 0.893. The first-order chi connectivity index (χ1) is 23.0. The Morgan fingerprint density at radius 2 is 1.69 bits per heavy atom. The maximum atomic E-state index is 17.2. The molecule has 2 amide bonds. The topological polar surface area (TPSA) is 122 Å². The van der Waals surface area contributed by atoms with E-state index in [1.807, 2.05) is 34.6 Å². The molecule has 3 fully saturated rings. The molecule has 1 aromatic carbocycles. The van der Waals surface area contributed by atoms with Gasteiger partial charge in [-0.2, -0.15) is 10.4 Å². The minimum atomic E-state index is -0.792.